The lowest BCUT2D eigenvalue weighted by Crippen LogP contribution is -2.53. The Morgan fingerprint density at radius 3 is 2.39 bits per heavy atom. The lowest BCUT2D eigenvalue weighted by Gasteiger charge is -2.39. The number of nitro benzene ring substituents is 1. The Morgan fingerprint density at radius 1 is 1.13 bits per heavy atom. The summed E-state index contributed by atoms with van der Waals surface area (Å²) in [6.07, 6.45) is -2.06. The second kappa shape index (κ2) is 8.94. The van der Waals surface area contributed by atoms with Gasteiger partial charge in [0, 0.05) is 45.3 Å². The Hall–Kier alpha value is -3.11. The molecule has 2 aliphatic rings. The first-order chi connectivity index (χ1) is 14.6. The number of amides is 2. The van der Waals surface area contributed by atoms with E-state index in [0.717, 1.165) is 12.1 Å². The molecule has 0 saturated carbocycles. The van der Waals surface area contributed by atoms with Crippen molar-refractivity contribution in [3.05, 3.63) is 46.5 Å². The predicted molar refractivity (Wildman–Crippen MR) is 106 cm³/mol. The molecule has 1 aromatic carbocycles. The van der Waals surface area contributed by atoms with Crippen LogP contribution in [-0.2, 0) is 15.8 Å². The summed E-state index contributed by atoms with van der Waals surface area (Å²) in [5.74, 6) is -0.607. The average Bonchev–Trinajstić information content (AvgIpc) is 2.77. The van der Waals surface area contributed by atoms with Gasteiger partial charge in [0.2, 0.25) is 11.8 Å². The highest BCUT2D eigenvalue weighted by Gasteiger charge is 2.35. The number of carbonyl (C=O) groups excluding carboxylic acids is 2. The summed E-state index contributed by atoms with van der Waals surface area (Å²) in [5.41, 5.74) is -1.58. The standard InChI is InChI=1S/C20H23F3N4O4/c1-2-18(28)26-7-3-4-14(13-26)19(29)25-10-8-24(9-11-25)16-6-5-15(20(21,22)23)12-17(16)27(30)31/h2,5-6,12,14H,1,3-4,7-11,13H2. The zero-order valence-electron chi connectivity index (χ0n) is 16.8. The fourth-order valence-electron chi connectivity index (χ4n) is 4.05. The minimum atomic E-state index is -4.67. The number of nitrogens with zero attached hydrogens (tertiary/aromatic N) is 4. The molecule has 2 saturated heterocycles. The fraction of sp³-hybridized carbons (Fsp3) is 0.500. The van der Waals surface area contributed by atoms with Gasteiger partial charge in [-0.05, 0) is 31.1 Å². The minimum absolute atomic E-state index is 0.0804. The van der Waals surface area contributed by atoms with Crippen molar-refractivity contribution < 1.29 is 27.7 Å². The highest BCUT2D eigenvalue weighted by molar-refractivity contribution is 5.88. The zero-order valence-corrected chi connectivity index (χ0v) is 16.8. The summed E-state index contributed by atoms with van der Waals surface area (Å²) in [5, 5.41) is 11.3. The van der Waals surface area contributed by atoms with Gasteiger partial charge in [0.25, 0.3) is 5.69 Å². The minimum Gasteiger partial charge on any atom is -0.362 e. The summed E-state index contributed by atoms with van der Waals surface area (Å²) in [6, 6.07) is 2.48. The molecule has 2 heterocycles. The van der Waals surface area contributed by atoms with E-state index in [1.807, 2.05) is 0 Å². The molecule has 0 spiro atoms. The van der Waals surface area contributed by atoms with Crippen LogP contribution in [0, 0.1) is 16.0 Å². The third-order valence-electron chi connectivity index (χ3n) is 5.69. The smallest absolute Gasteiger partial charge is 0.362 e. The monoisotopic (exact) mass is 440 g/mol. The van der Waals surface area contributed by atoms with Crippen LogP contribution < -0.4 is 4.90 Å². The summed E-state index contributed by atoms with van der Waals surface area (Å²) in [4.78, 5) is 40.1. The van der Waals surface area contributed by atoms with Crippen LogP contribution in [0.1, 0.15) is 18.4 Å². The summed E-state index contributed by atoms with van der Waals surface area (Å²) in [6.45, 7) is 5.50. The Balaban J connectivity index is 1.67. The molecule has 0 aromatic heterocycles. The molecular formula is C20H23F3N4O4. The molecule has 168 valence electrons. The van der Waals surface area contributed by atoms with Gasteiger partial charge in [0.15, 0.2) is 0 Å². The van der Waals surface area contributed by atoms with Crippen LogP contribution in [0.5, 0.6) is 0 Å². The molecular weight excluding hydrogens is 417 g/mol. The van der Waals surface area contributed by atoms with Gasteiger partial charge in [0.1, 0.15) is 5.69 Å². The van der Waals surface area contributed by atoms with E-state index < -0.39 is 22.4 Å². The number of nitro groups is 1. The Bertz CT molecular complexity index is 882. The number of hydrogen-bond donors (Lipinski definition) is 0. The number of rotatable bonds is 4. The lowest BCUT2D eigenvalue weighted by molar-refractivity contribution is -0.384. The van der Waals surface area contributed by atoms with E-state index in [0.29, 0.717) is 45.1 Å². The number of benzene rings is 1. The van der Waals surface area contributed by atoms with E-state index in [1.54, 1.807) is 14.7 Å². The van der Waals surface area contributed by atoms with Gasteiger partial charge in [-0.25, -0.2) is 0 Å². The molecule has 2 amide bonds. The Morgan fingerprint density at radius 2 is 1.81 bits per heavy atom. The van der Waals surface area contributed by atoms with Crippen LogP contribution >= 0.6 is 0 Å². The highest BCUT2D eigenvalue weighted by Crippen LogP contribution is 2.36. The summed E-state index contributed by atoms with van der Waals surface area (Å²) < 4.78 is 38.7. The van der Waals surface area contributed by atoms with Crippen molar-refractivity contribution in [2.75, 3.05) is 44.2 Å². The van der Waals surface area contributed by atoms with Crippen molar-refractivity contribution in [3.8, 4) is 0 Å². The van der Waals surface area contributed by atoms with Gasteiger partial charge in [-0.3, -0.25) is 19.7 Å². The van der Waals surface area contributed by atoms with E-state index >= 15 is 0 Å². The van der Waals surface area contributed by atoms with E-state index in [-0.39, 0.29) is 36.5 Å². The number of piperidine rings is 1. The van der Waals surface area contributed by atoms with Gasteiger partial charge in [-0.2, -0.15) is 13.2 Å². The van der Waals surface area contributed by atoms with Crippen LogP contribution in [0.2, 0.25) is 0 Å². The van der Waals surface area contributed by atoms with Gasteiger partial charge in [-0.15, -0.1) is 0 Å². The molecule has 31 heavy (non-hydrogen) atoms. The first kappa shape index (κ1) is 22.6. The number of alkyl halides is 3. The first-order valence-corrected chi connectivity index (χ1v) is 9.92. The van der Waals surface area contributed by atoms with E-state index in [4.69, 9.17) is 0 Å². The summed E-state index contributed by atoms with van der Waals surface area (Å²) >= 11 is 0. The van der Waals surface area contributed by atoms with Gasteiger partial charge in [0.05, 0.1) is 16.4 Å². The third-order valence-corrected chi connectivity index (χ3v) is 5.69. The van der Waals surface area contributed by atoms with Crippen molar-refractivity contribution in [2.24, 2.45) is 5.92 Å². The Labute approximate surface area is 177 Å². The Kier molecular flexibility index (Phi) is 6.51. The molecule has 2 fully saturated rings. The second-order valence-corrected chi connectivity index (χ2v) is 7.60. The fourth-order valence-corrected chi connectivity index (χ4v) is 4.05. The highest BCUT2D eigenvalue weighted by atomic mass is 19.4. The number of likely N-dealkylation sites (tertiary alicyclic amines) is 1. The van der Waals surface area contributed by atoms with E-state index in [1.165, 1.54) is 6.08 Å². The van der Waals surface area contributed by atoms with Gasteiger partial charge in [-0.1, -0.05) is 6.58 Å². The molecule has 0 radical (unpaired) electrons. The normalized spacial score (nSPS) is 19.8. The SMILES string of the molecule is C=CC(=O)N1CCCC(C(=O)N2CCN(c3ccc(C(F)(F)F)cc3[N+](=O)[O-])CC2)C1. The molecule has 2 aliphatic heterocycles. The average molecular weight is 440 g/mol. The lowest BCUT2D eigenvalue weighted by atomic mass is 9.96. The van der Waals surface area contributed by atoms with E-state index in [9.17, 15) is 32.9 Å². The third kappa shape index (κ3) is 4.97. The number of halogens is 3. The second-order valence-electron chi connectivity index (χ2n) is 7.60. The first-order valence-electron chi connectivity index (χ1n) is 9.92. The van der Waals surface area contributed by atoms with Crippen LogP contribution in [0.15, 0.2) is 30.9 Å². The van der Waals surface area contributed by atoms with Crippen LogP contribution in [0.3, 0.4) is 0 Å². The molecule has 1 unspecified atom stereocenters. The zero-order chi connectivity index (χ0) is 22.8. The predicted octanol–water partition coefficient (Wildman–Crippen LogP) is 2.69. The molecule has 1 aromatic rings. The largest absolute Gasteiger partial charge is 0.416 e. The van der Waals surface area contributed by atoms with E-state index in [2.05, 4.69) is 6.58 Å². The molecule has 3 rings (SSSR count). The maximum absolute atomic E-state index is 12.9. The summed E-state index contributed by atoms with van der Waals surface area (Å²) in [7, 11) is 0. The molecule has 0 N–H and O–H groups in total. The molecule has 11 heteroatoms. The topological polar surface area (TPSA) is 87.0 Å². The van der Waals surface area contributed by atoms with Crippen molar-refractivity contribution in [1.82, 2.24) is 9.80 Å². The number of anilines is 1. The van der Waals surface area contributed by atoms with Crippen molar-refractivity contribution in [3.63, 3.8) is 0 Å². The van der Waals surface area contributed by atoms with Crippen LogP contribution in [-0.4, -0.2) is 65.8 Å². The van der Waals surface area contributed by atoms with Crippen LogP contribution in [0.25, 0.3) is 0 Å². The number of piperazine rings is 1. The molecule has 1 atom stereocenters. The number of hydrogen-bond acceptors (Lipinski definition) is 5. The molecule has 8 nitrogen and oxygen atoms in total. The van der Waals surface area contributed by atoms with Gasteiger partial charge >= 0.3 is 6.18 Å². The van der Waals surface area contributed by atoms with Gasteiger partial charge < -0.3 is 14.7 Å². The van der Waals surface area contributed by atoms with Crippen molar-refractivity contribution in [1.29, 1.82) is 0 Å². The number of carbonyl (C=O) groups is 2. The quantitative estimate of drug-likeness (QED) is 0.408. The molecule has 0 bridgehead atoms. The van der Waals surface area contributed by atoms with Crippen molar-refractivity contribution >= 4 is 23.2 Å². The maximum atomic E-state index is 12.9. The molecule has 0 aliphatic carbocycles. The van der Waals surface area contributed by atoms with Crippen molar-refractivity contribution in [2.45, 2.75) is 19.0 Å². The van der Waals surface area contributed by atoms with Crippen LogP contribution in [0.4, 0.5) is 24.5 Å². The maximum Gasteiger partial charge on any atom is 0.416 e.